The normalized spacial score (nSPS) is 11.1. The van der Waals surface area contributed by atoms with Crippen molar-refractivity contribution in [2.75, 3.05) is 0 Å². The number of aromatic carboxylic acids is 1. The van der Waals surface area contributed by atoms with E-state index < -0.39 is 27.5 Å². The number of halogens is 2. The summed E-state index contributed by atoms with van der Waals surface area (Å²) in [4.78, 5) is 26.5. The van der Waals surface area contributed by atoms with Crippen LogP contribution in [0.2, 0.25) is 5.02 Å². The van der Waals surface area contributed by atoms with Crippen molar-refractivity contribution in [3.8, 4) is 0 Å². The van der Waals surface area contributed by atoms with Gasteiger partial charge < -0.3 is 0 Å². The molecule has 1 unspecified atom stereocenters. The van der Waals surface area contributed by atoms with Gasteiger partial charge in [0.2, 0.25) is 0 Å². The molecule has 0 amide bonds. The SMILES string of the molecule is O=C([AsH]c1nc(C(=O)O)cs1)c1ccc(F)c(Cl)c1. The van der Waals surface area contributed by atoms with Gasteiger partial charge in [0.25, 0.3) is 0 Å². The molecule has 0 aliphatic heterocycles. The molecule has 0 saturated carbocycles. The number of carboxylic acid groups (broad SMARTS) is 1. The van der Waals surface area contributed by atoms with Crippen LogP contribution in [-0.2, 0) is 0 Å². The van der Waals surface area contributed by atoms with E-state index in [9.17, 15) is 14.0 Å². The van der Waals surface area contributed by atoms with Gasteiger partial charge >= 0.3 is 123 Å². The van der Waals surface area contributed by atoms with Crippen LogP contribution in [0.4, 0.5) is 4.39 Å². The zero-order valence-electron chi connectivity index (χ0n) is 9.18. The molecule has 0 aliphatic carbocycles. The van der Waals surface area contributed by atoms with Crippen LogP contribution in [0.5, 0.6) is 0 Å². The summed E-state index contributed by atoms with van der Waals surface area (Å²) in [6.45, 7) is 0. The molecule has 0 bridgehead atoms. The van der Waals surface area contributed by atoms with Crippen LogP contribution in [-0.4, -0.2) is 36.4 Å². The van der Waals surface area contributed by atoms with Crippen LogP contribution in [0.1, 0.15) is 20.8 Å². The molecule has 4 nitrogen and oxygen atoms in total. The van der Waals surface area contributed by atoms with Crippen molar-refractivity contribution < 1.29 is 19.1 Å². The fourth-order valence-corrected chi connectivity index (χ4v) is 4.63. The molecule has 0 spiro atoms. The van der Waals surface area contributed by atoms with E-state index in [1.807, 2.05) is 0 Å². The molecule has 1 atom stereocenters. The Balaban J connectivity index is 2.15. The second kappa shape index (κ2) is 5.82. The van der Waals surface area contributed by atoms with Gasteiger partial charge in [-0.3, -0.25) is 0 Å². The van der Waals surface area contributed by atoms with Crippen molar-refractivity contribution in [3.05, 3.63) is 45.7 Å². The maximum atomic E-state index is 13.0. The first-order chi connectivity index (χ1) is 8.97. The number of rotatable bonds is 4. The Labute approximate surface area is 122 Å². The third kappa shape index (κ3) is 3.41. The summed E-state index contributed by atoms with van der Waals surface area (Å²) < 4.78 is 13.3. The van der Waals surface area contributed by atoms with Gasteiger partial charge in [-0.05, 0) is 0 Å². The van der Waals surface area contributed by atoms with E-state index in [1.165, 1.54) is 17.5 Å². The van der Waals surface area contributed by atoms with Gasteiger partial charge in [0.05, 0.1) is 0 Å². The zero-order valence-corrected chi connectivity index (χ0v) is 12.9. The number of benzene rings is 1. The minimum atomic E-state index is -1.26. The Morgan fingerprint density at radius 3 is 2.74 bits per heavy atom. The third-order valence-corrected chi connectivity index (χ3v) is 6.11. The molecule has 0 fully saturated rings. The number of aromatic nitrogens is 1. The number of hydrogen-bond donors (Lipinski definition) is 1. The van der Waals surface area contributed by atoms with Gasteiger partial charge in [0.1, 0.15) is 0 Å². The molecule has 0 radical (unpaired) electrons. The molecule has 0 saturated heterocycles. The predicted molar refractivity (Wildman–Crippen MR) is 71.6 cm³/mol. The Morgan fingerprint density at radius 1 is 1.42 bits per heavy atom. The predicted octanol–water partition coefficient (Wildman–Crippen LogP) is 1.54. The maximum absolute atomic E-state index is 13.0. The molecular weight excluding hydrogens is 356 g/mol. The number of carbonyl (C=O) groups is 2. The van der Waals surface area contributed by atoms with E-state index >= 15 is 0 Å². The van der Waals surface area contributed by atoms with Gasteiger partial charge in [0, 0.05) is 0 Å². The standard InChI is InChI=1S/C11H6AsClFNO3S/c13-6-3-5(1-2-7(6)14)9(16)12-11-15-8(4-19-11)10(17)18/h1-4,12H,(H,17,18). The summed E-state index contributed by atoms with van der Waals surface area (Å²) >= 11 is 5.48. The first kappa shape index (κ1) is 14.2. The summed E-state index contributed by atoms with van der Waals surface area (Å²) in [6.07, 6.45) is 0. The van der Waals surface area contributed by atoms with E-state index in [2.05, 4.69) is 4.98 Å². The van der Waals surface area contributed by atoms with Crippen LogP contribution in [0.3, 0.4) is 0 Å². The van der Waals surface area contributed by atoms with Crippen LogP contribution < -0.4 is 3.80 Å². The first-order valence-corrected chi connectivity index (χ1v) is 8.28. The molecule has 2 aromatic rings. The average molecular weight is 362 g/mol. The Morgan fingerprint density at radius 2 is 2.16 bits per heavy atom. The minimum absolute atomic E-state index is 0.0614. The summed E-state index contributed by atoms with van der Waals surface area (Å²) in [5.74, 6) is -1.70. The summed E-state index contributed by atoms with van der Waals surface area (Å²) in [5, 5.41) is 10.0. The van der Waals surface area contributed by atoms with Gasteiger partial charge in [-0.15, -0.1) is 0 Å². The van der Waals surface area contributed by atoms with Crippen LogP contribution >= 0.6 is 22.9 Å². The molecule has 1 N–H and O–H groups in total. The molecule has 1 aromatic carbocycles. The fourth-order valence-electron chi connectivity index (χ4n) is 1.24. The van der Waals surface area contributed by atoms with Gasteiger partial charge in [-0.25, -0.2) is 0 Å². The number of nitrogens with zero attached hydrogens (tertiary/aromatic N) is 1. The molecule has 19 heavy (non-hydrogen) atoms. The van der Waals surface area contributed by atoms with Gasteiger partial charge in [0.15, 0.2) is 0 Å². The van der Waals surface area contributed by atoms with E-state index in [1.54, 1.807) is 0 Å². The quantitative estimate of drug-likeness (QED) is 0.839. The van der Waals surface area contributed by atoms with E-state index in [4.69, 9.17) is 16.7 Å². The Bertz CT molecular complexity index is 661. The zero-order chi connectivity index (χ0) is 14.0. The van der Waals surface area contributed by atoms with Gasteiger partial charge in [-0.1, -0.05) is 0 Å². The fraction of sp³-hybridized carbons (Fsp3) is 0. The molecule has 1 aromatic heterocycles. The van der Waals surface area contributed by atoms with Crippen LogP contribution in [0.25, 0.3) is 0 Å². The van der Waals surface area contributed by atoms with E-state index in [0.717, 1.165) is 17.4 Å². The van der Waals surface area contributed by atoms with Crippen molar-refractivity contribution >= 4 is 53.0 Å². The molecule has 2 rings (SSSR count). The van der Waals surface area contributed by atoms with Crippen molar-refractivity contribution in [2.45, 2.75) is 0 Å². The third-order valence-electron chi connectivity index (χ3n) is 2.13. The first-order valence-electron chi connectivity index (χ1n) is 4.92. The second-order valence-electron chi connectivity index (χ2n) is 3.43. The summed E-state index contributed by atoms with van der Waals surface area (Å²) in [6, 6.07) is 3.76. The van der Waals surface area contributed by atoms with Crippen LogP contribution in [0, 0.1) is 5.82 Å². The molecular formula is C11H6AsClFNO3S. The molecule has 98 valence electrons. The number of carbonyl (C=O) groups excluding carboxylic acids is 1. The molecule has 1 heterocycles. The van der Waals surface area contributed by atoms with Crippen molar-refractivity contribution in [3.63, 3.8) is 0 Å². The van der Waals surface area contributed by atoms with E-state index in [0.29, 0.717) is 9.36 Å². The van der Waals surface area contributed by atoms with Crippen LogP contribution in [0.15, 0.2) is 23.6 Å². The van der Waals surface area contributed by atoms with Crippen molar-refractivity contribution in [2.24, 2.45) is 0 Å². The number of carboxylic acids is 1. The van der Waals surface area contributed by atoms with Crippen molar-refractivity contribution in [1.82, 2.24) is 4.98 Å². The topological polar surface area (TPSA) is 67.3 Å². The second-order valence-corrected chi connectivity index (χ2v) is 7.92. The molecule has 8 heteroatoms. The Hall–Kier alpha value is -1.23. The molecule has 0 aliphatic rings. The number of hydrogen-bond acceptors (Lipinski definition) is 4. The summed E-state index contributed by atoms with van der Waals surface area (Å²) in [7, 11) is 0. The average Bonchev–Trinajstić information content (AvgIpc) is 2.81. The summed E-state index contributed by atoms with van der Waals surface area (Å²) in [5.41, 5.74) is 0.257. The van der Waals surface area contributed by atoms with E-state index in [-0.39, 0.29) is 15.3 Å². The Kier molecular flexibility index (Phi) is 4.34. The number of thiazole rings is 1. The van der Waals surface area contributed by atoms with Gasteiger partial charge in [-0.2, -0.15) is 0 Å². The monoisotopic (exact) mass is 361 g/mol. The van der Waals surface area contributed by atoms with Crippen molar-refractivity contribution in [1.29, 1.82) is 0 Å².